The van der Waals surface area contributed by atoms with E-state index >= 15 is 0 Å². The van der Waals surface area contributed by atoms with Crippen LogP contribution in [-0.4, -0.2) is 28.3 Å². The highest BCUT2D eigenvalue weighted by atomic mass is 32.2. The lowest BCUT2D eigenvalue weighted by Gasteiger charge is -2.10. The zero-order valence-electron chi connectivity index (χ0n) is 13.8. The van der Waals surface area contributed by atoms with Gasteiger partial charge in [-0.3, -0.25) is 14.6 Å². The Morgan fingerprint density at radius 3 is 2.73 bits per heavy atom. The van der Waals surface area contributed by atoms with Gasteiger partial charge in [-0.25, -0.2) is 0 Å². The standard InChI is InChI=1S/C17H18F3N3O2S/c18-17(19,20)10-4-3-7-12(8-10)21-14(24)9-13-15(25)23-16(26-13)22-11-5-1-2-6-11/h3-4,7-8,11,13H,1-2,5-6,9H2,(H,21,24)(H,22,23,25)/t13-/m0/s1. The van der Waals surface area contributed by atoms with E-state index in [4.69, 9.17) is 0 Å². The number of amidine groups is 1. The third kappa shape index (κ3) is 4.78. The normalized spacial score (nSPS) is 22.7. The van der Waals surface area contributed by atoms with Crippen molar-refractivity contribution in [3.05, 3.63) is 29.8 Å². The molecule has 5 nitrogen and oxygen atoms in total. The molecule has 1 aromatic rings. The highest BCUT2D eigenvalue weighted by molar-refractivity contribution is 8.15. The first kappa shape index (κ1) is 18.8. The largest absolute Gasteiger partial charge is 0.416 e. The average molecular weight is 385 g/mol. The van der Waals surface area contributed by atoms with Crippen LogP contribution < -0.4 is 10.6 Å². The smallest absolute Gasteiger partial charge is 0.326 e. The molecule has 1 heterocycles. The van der Waals surface area contributed by atoms with Gasteiger partial charge in [-0.15, -0.1) is 0 Å². The summed E-state index contributed by atoms with van der Waals surface area (Å²) in [5.41, 5.74) is -0.789. The summed E-state index contributed by atoms with van der Waals surface area (Å²) in [6.45, 7) is 0. The summed E-state index contributed by atoms with van der Waals surface area (Å²) in [5, 5.41) is 4.99. The van der Waals surface area contributed by atoms with E-state index in [1.165, 1.54) is 23.9 Å². The fraction of sp³-hybridized carbons (Fsp3) is 0.471. The summed E-state index contributed by atoms with van der Waals surface area (Å²) in [5.74, 6) is -0.815. The van der Waals surface area contributed by atoms with Crippen molar-refractivity contribution in [2.75, 3.05) is 5.32 Å². The molecule has 0 radical (unpaired) electrons. The van der Waals surface area contributed by atoms with E-state index in [2.05, 4.69) is 15.6 Å². The molecule has 140 valence electrons. The Morgan fingerprint density at radius 1 is 1.31 bits per heavy atom. The fourth-order valence-corrected chi connectivity index (χ4v) is 3.99. The second-order valence-corrected chi connectivity index (χ2v) is 7.49. The van der Waals surface area contributed by atoms with Crippen LogP contribution >= 0.6 is 11.8 Å². The number of amides is 2. The van der Waals surface area contributed by atoms with Gasteiger partial charge in [0.25, 0.3) is 0 Å². The predicted octanol–water partition coefficient (Wildman–Crippen LogP) is 3.56. The minimum Gasteiger partial charge on any atom is -0.326 e. The monoisotopic (exact) mass is 385 g/mol. The van der Waals surface area contributed by atoms with E-state index in [0.29, 0.717) is 5.17 Å². The number of hydrogen-bond acceptors (Lipinski definition) is 4. The van der Waals surface area contributed by atoms with Crippen molar-refractivity contribution < 1.29 is 22.8 Å². The molecule has 1 aliphatic carbocycles. The van der Waals surface area contributed by atoms with Crippen LogP contribution in [0.1, 0.15) is 37.7 Å². The third-order valence-electron chi connectivity index (χ3n) is 4.25. The van der Waals surface area contributed by atoms with Crippen LogP contribution in [0.15, 0.2) is 29.3 Å². The second-order valence-electron chi connectivity index (χ2n) is 6.30. The van der Waals surface area contributed by atoms with Gasteiger partial charge in [0.05, 0.1) is 11.6 Å². The Morgan fingerprint density at radius 2 is 2.04 bits per heavy atom. The molecule has 2 aliphatic rings. The van der Waals surface area contributed by atoms with Gasteiger partial charge in [-0.2, -0.15) is 13.2 Å². The number of carbonyl (C=O) groups is 2. The van der Waals surface area contributed by atoms with Gasteiger partial charge in [0.1, 0.15) is 5.25 Å². The molecule has 2 amide bonds. The molecule has 26 heavy (non-hydrogen) atoms. The van der Waals surface area contributed by atoms with Crippen molar-refractivity contribution in [3.63, 3.8) is 0 Å². The van der Waals surface area contributed by atoms with Crippen LogP contribution in [0.3, 0.4) is 0 Å². The number of thioether (sulfide) groups is 1. The van der Waals surface area contributed by atoms with Crippen molar-refractivity contribution in [2.45, 2.75) is 49.6 Å². The third-order valence-corrected chi connectivity index (χ3v) is 5.34. The van der Waals surface area contributed by atoms with Gasteiger partial charge in [0.2, 0.25) is 11.8 Å². The fourth-order valence-electron chi connectivity index (χ4n) is 2.95. The highest BCUT2D eigenvalue weighted by Crippen LogP contribution is 2.31. The number of nitrogens with one attached hydrogen (secondary N) is 2. The van der Waals surface area contributed by atoms with Crippen molar-refractivity contribution >= 4 is 34.4 Å². The Balaban J connectivity index is 1.57. The van der Waals surface area contributed by atoms with E-state index in [1.807, 2.05) is 0 Å². The Kier molecular flexibility index (Phi) is 5.55. The van der Waals surface area contributed by atoms with Crippen molar-refractivity contribution in [3.8, 4) is 0 Å². The van der Waals surface area contributed by atoms with Gasteiger partial charge in [-0.05, 0) is 31.0 Å². The van der Waals surface area contributed by atoms with E-state index in [1.54, 1.807) is 0 Å². The van der Waals surface area contributed by atoms with Gasteiger partial charge in [-0.1, -0.05) is 30.7 Å². The van der Waals surface area contributed by atoms with Crippen LogP contribution in [0.4, 0.5) is 18.9 Å². The van der Waals surface area contributed by atoms with Gasteiger partial charge >= 0.3 is 6.18 Å². The number of benzene rings is 1. The summed E-state index contributed by atoms with van der Waals surface area (Å²) in [6, 6.07) is 4.62. The van der Waals surface area contributed by atoms with E-state index in [-0.39, 0.29) is 24.1 Å². The van der Waals surface area contributed by atoms with E-state index < -0.39 is 22.9 Å². The van der Waals surface area contributed by atoms with Crippen molar-refractivity contribution in [2.24, 2.45) is 4.99 Å². The minimum atomic E-state index is -4.48. The maximum absolute atomic E-state index is 12.7. The molecule has 3 rings (SSSR count). The lowest BCUT2D eigenvalue weighted by atomic mass is 10.2. The molecule has 1 aromatic carbocycles. The predicted molar refractivity (Wildman–Crippen MR) is 93.9 cm³/mol. The van der Waals surface area contributed by atoms with Crippen LogP contribution in [0.5, 0.6) is 0 Å². The number of hydrogen-bond donors (Lipinski definition) is 2. The lowest BCUT2D eigenvalue weighted by molar-refractivity contribution is -0.137. The maximum atomic E-state index is 12.7. The van der Waals surface area contributed by atoms with Crippen LogP contribution in [0.25, 0.3) is 0 Å². The molecule has 1 aliphatic heterocycles. The summed E-state index contributed by atoms with van der Waals surface area (Å²) in [7, 11) is 0. The quantitative estimate of drug-likeness (QED) is 0.833. The molecule has 0 aromatic heterocycles. The molecule has 2 N–H and O–H groups in total. The molecule has 1 saturated carbocycles. The summed E-state index contributed by atoms with van der Waals surface area (Å²) < 4.78 is 38.1. The zero-order valence-corrected chi connectivity index (χ0v) is 14.6. The molecule has 1 atom stereocenters. The molecule has 9 heteroatoms. The Bertz CT molecular complexity index is 730. The minimum absolute atomic E-state index is 0.0491. The number of anilines is 1. The summed E-state index contributed by atoms with van der Waals surface area (Å²) >= 11 is 1.20. The molecule has 0 bridgehead atoms. The number of halogens is 3. The molecule has 0 spiro atoms. The second kappa shape index (κ2) is 7.69. The summed E-state index contributed by atoms with van der Waals surface area (Å²) in [6.07, 6.45) is -0.350. The van der Waals surface area contributed by atoms with Crippen LogP contribution in [0.2, 0.25) is 0 Å². The maximum Gasteiger partial charge on any atom is 0.416 e. The topological polar surface area (TPSA) is 70.6 Å². The number of rotatable bonds is 4. The highest BCUT2D eigenvalue weighted by Gasteiger charge is 2.33. The van der Waals surface area contributed by atoms with Crippen LogP contribution in [-0.2, 0) is 15.8 Å². The summed E-state index contributed by atoms with van der Waals surface area (Å²) in [4.78, 5) is 28.6. The van der Waals surface area contributed by atoms with E-state index in [9.17, 15) is 22.8 Å². The molecule has 2 fully saturated rings. The van der Waals surface area contributed by atoms with E-state index in [0.717, 1.165) is 37.8 Å². The van der Waals surface area contributed by atoms with Gasteiger partial charge in [0.15, 0.2) is 5.17 Å². The number of nitrogens with zero attached hydrogens (tertiary/aromatic N) is 1. The number of carbonyl (C=O) groups excluding carboxylic acids is 2. The van der Waals surface area contributed by atoms with Crippen LogP contribution in [0, 0.1) is 0 Å². The van der Waals surface area contributed by atoms with Crippen molar-refractivity contribution in [1.82, 2.24) is 5.32 Å². The lowest BCUT2D eigenvalue weighted by Crippen LogP contribution is -2.28. The average Bonchev–Trinajstić information content (AvgIpc) is 3.17. The zero-order chi connectivity index (χ0) is 18.7. The number of alkyl halides is 3. The Labute approximate surface area is 152 Å². The Hall–Kier alpha value is -2.03. The molecular formula is C17H18F3N3O2S. The van der Waals surface area contributed by atoms with Gasteiger partial charge in [0, 0.05) is 12.1 Å². The first-order valence-corrected chi connectivity index (χ1v) is 9.21. The first-order chi connectivity index (χ1) is 12.3. The molecule has 1 saturated heterocycles. The molecular weight excluding hydrogens is 367 g/mol. The molecule has 0 unspecified atom stereocenters. The number of aliphatic imine (C=N–C) groups is 1. The van der Waals surface area contributed by atoms with Crippen molar-refractivity contribution in [1.29, 1.82) is 0 Å². The first-order valence-electron chi connectivity index (χ1n) is 8.34. The SMILES string of the molecule is O=C(C[C@@H]1SC(=NC2CCCC2)NC1=O)Nc1cccc(C(F)(F)F)c1. The van der Waals surface area contributed by atoms with Gasteiger partial charge < -0.3 is 10.6 Å².